The second-order valence-electron chi connectivity index (χ2n) is 9.04. The number of hydrogen-bond donors (Lipinski definition) is 2. The first-order chi connectivity index (χ1) is 11.8. The van der Waals surface area contributed by atoms with Gasteiger partial charge in [-0.15, -0.1) is 12.6 Å². The molecule has 136 valence electrons. The highest BCUT2D eigenvalue weighted by molar-refractivity contribution is 7.96. The van der Waals surface area contributed by atoms with Crippen molar-refractivity contribution < 1.29 is 14.7 Å². The number of aliphatic hydroxyl groups is 1. The van der Waals surface area contributed by atoms with E-state index in [1.165, 1.54) is 5.57 Å². The van der Waals surface area contributed by atoms with Crippen LogP contribution < -0.4 is 0 Å². The van der Waals surface area contributed by atoms with Crippen LogP contribution >= 0.6 is 12.6 Å². The first-order valence-corrected chi connectivity index (χ1v) is 10.1. The van der Waals surface area contributed by atoms with E-state index in [4.69, 9.17) is 0 Å². The van der Waals surface area contributed by atoms with Gasteiger partial charge in [-0.3, -0.25) is 9.59 Å². The topological polar surface area (TPSA) is 54.4 Å². The molecular weight excluding hydrogens is 332 g/mol. The van der Waals surface area contributed by atoms with E-state index < -0.39 is 0 Å². The number of rotatable bonds is 1. The smallest absolute Gasteiger partial charge is 0.189 e. The van der Waals surface area contributed by atoms with Crippen molar-refractivity contribution >= 4 is 23.5 Å². The molecular formula is C21H28O3S. The fraction of sp³-hybridized carbons (Fsp3) is 0.714. The molecule has 25 heavy (non-hydrogen) atoms. The number of fused-ring (bicyclic) bond motifs is 3. The average Bonchev–Trinajstić information content (AvgIpc) is 2.90. The van der Waals surface area contributed by atoms with Crippen molar-refractivity contribution in [2.24, 2.45) is 28.6 Å². The van der Waals surface area contributed by atoms with Crippen LogP contribution in [0.1, 0.15) is 58.3 Å². The zero-order valence-corrected chi connectivity index (χ0v) is 15.8. The van der Waals surface area contributed by atoms with E-state index in [1.54, 1.807) is 6.08 Å². The minimum atomic E-state index is -0.387. The third-order valence-electron chi connectivity index (χ3n) is 7.81. The van der Waals surface area contributed by atoms with Crippen molar-refractivity contribution in [1.82, 2.24) is 0 Å². The summed E-state index contributed by atoms with van der Waals surface area (Å²) in [5, 5.41) is 10.8. The molecule has 0 aromatic carbocycles. The van der Waals surface area contributed by atoms with Crippen molar-refractivity contribution in [3.05, 3.63) is 23.8 Å². The molecule has 0 saturated heterocycles. The normalized spacial score (nSPS) is 46.4. The Balaban J connectivity index is 1.73. The van der Waals surface area contributed by atoms with Gasteiger partial charge in [-0.1, -0.05) is 18.6 Å². The molecule has 0 amide bonds. The molecule has 6 atom stereocenters. The Hall–Kier alpha value is -0.870. The van der Waals surface area contributed by atoms with E-state index in [1.807, 2.05) is 6.08 Å². The van der Waals surface area contributed by atoms with Gasteiger partial charge in [0.1, 0.15) is 0 Å². The van der Waals surface area contributed by atoms with E-state index in [9.17, 15) is 14.7 Å². The zero-order valence-electron chi connectivity index (χ0n) is 14.9. The van der Waals surface area contributed by atoms with Gasteiger partial charge >= 0.3 is 0 Å². The van der Waals surface area contributed by atoms with Gasteiger partial charge in [0, 0.05) is 11.3 Å². The monoisotopic (exact) mass is 360 g/mol. The predicted octanol–water partition coefficient (Wildman–Crippen LogP) is 3.87. The van der Waals surface area contributed by atoms with Crippen LogP contribution in [-0.2, 0) is 9.59 Å². The summed E-state index contributed by atoms with van der Waals surface area (Å²) < 4.78 is 0. The van der Waals surface area contributed by atoms with Gasteiger partial charge < -0.3 is 5.11 Å². The number of hydrogen-bond acceptors (Lipinski definition) is 3. The maximum Gasteiger partial charge on any atom is 0.189 e. The Morgan fingerprint density at radius 3 is 2.80 bits per heavy atom. The largest absolute Gasteiger partial charge is 0.393 e. The summed E-state index contributed by atoms with van der Waals surface area (Å²) in [6.07, 6.45) is 12.7. The molecule has 3 fully saturated rings. The standard InChI is InChI=1S/C21H28O3S/c1-20-12-16(23)7-9-21-8-6-15(22)10-14(21)3-2-13(11-21)17(20)4-5-18(20)19(24)25/h6,8,10,13,16-18,23H,2-5,7,9,11-12H2,1H3,(H,24,25)/t13?,16-,17?,18-,20+,21+/m1/s1. The van der Waals surface area contributed by atoms with Crippen molar-refractivity contribution in [2.75, 3.05) is 0 Å². The summed E-state index contributed by atoms with van der Waals surface area (Å²) in [5.74, 6) is 1.09. The Bertz CT molecular complexity index is 666. The van der Waals surface area contributed by atoms with Crippen LogP contribution in [-0.4, -0.2) is 22.1 Å². The van der Waals surface area contributed by atoms with E-state index in [-0.39, 0.29) is 33.8 Å². The number of ketones is 1. The minimum Gasteiger partial charge on any atom is -0.393 e. The Labute approximate surface area is 155 Å². The van der Waals surface area contributed by atoms with Gasteiger partial charge in [0.15, 0.2) is 10.9 Å². The summed E-state index contributed by atoms with van der Waals surface area (Å²) in [6, 6.07) is 0. The van der Waals surface area contributed by atoms with Gasteiger partial charge in [-0.05, 0) is 80.8 Å². The van der Waals surface area contributed by atoms with Crippen molar-refractivity contribution in [3.8, 4) is 0 Å². The lowest BCUT2D eigenvalue weighted by molar-refractivity contribution is -0.118. The Kier molecular flexibility index (Phi) is 4.27. The number of carbonyl (C=O) groups excluding carboxylic acids is 2. The van der Waals surface area contributed by atoms with Crippen LogP contribution in [0.3, 0.4) is 0 Å². The molecule has 0 aromatic heterocycles. The molecule has 1 N–H and O–H groups in total. The first kappa shape index (κ1) is 17.5. The number of thiol groups is 1. The fourth-order valence-corrected chi connectivity index (χ4v) is 7.03. The molecule has 3 nitrogen and oxygen atoms in total. The van der Waals surface area contributed by atoms with Crippen LogP contribution in [0.15, 0.2) is 23.8 Å². The number of allylic oxidation sites excluding steroid dienone is 4. The van der Waals surface area contributed by atoms with Crippen LogP contribution in [0, 0.1) is 28.6 Å². The summed E-state index contributed by atoms with van der Waals surface area (Å²) >= 11 is 4.18. The third kappa shape index (κ3) is 2.76. The highest BCUT2D eigenvalue weighted by Crippen LogP contribution is 2.61. The number of carbonyl (C=O) groups is 2. The molecule has 4 heteroatoms. The third-order valence-corrected chi connectivity index (χ3v) is 8.12. The molecule has 1 spiro atoms. The molecule has 0 heterocycles. The second kappa shape index (κ2) is 6.09. The quantitative estimate of drug-likeness (QED) is 0.698. The van der Waals surface area contributed by atoms with Crippen molar-refractivity contribution in [3.63, 3.8) is 0 Å². The van der Waals surface area contributed by atoms with E-state index >= 15 is 0 Å². The summed E-state index contributed by atoms with van der Waals surface area (Å²) in [5.41, 5.74) is 1.07. The Morgan fingerprint density at radius 1 is 1.24 bits per heavy atom. The maximum atomic E-state index is 12.2. The first-order valence-electron chi connectivity index (χ1n) is 9.69. The summed E-state index contributed by atoms with van der Waals surface area (Å²) in [7, 11) is 0. The average molecular weight is 361 g/mol. The van der Waals surface area contributed by atoms with Gasteiger partial charge in [-0.25, -0.2) is 0 Å². The minimum absolute atomic E-state index is 0.00860. The highest BCUT2D eigenvalue weighted by Gasteiger charge is 2.55. The van der Waals surface area contributed by atoms with Gasteiger partial charge in [0.2, 0.25) is 0 Å². The van der Waals surface area contributed by atoms with Crippen LogP contribution in [0.25, 0.3) is 0 Å². The summed E-state index contributed by atoms with van der Waals surface area (Å²) in [6.45, 7) is 2.22. The number of aliphatic hydroxyl groups excluding tert-OH is 1. The maximum absolute atomic E-state index is 12.2. The molecule has 0 radical (unpaired) electrons. The molecule has 4 aliphatic rings. The Morgan fingerprint density at radius 2 is 2.04 bits per heavy atom. The van der Waals surface area contributed by atoms with Crippen LogP contribution in [0.5, 0.6) is 0 Å². The lowest BCUT2D eigenvalue weighted by Crippen LogP contribution is -2.40. The van der Waals surface area contributed by atoms with Crippen LogP contribution in [0.4, 0.5) is 0 Å². The predicted molar refractivity (Wildman–Crippen MR) is 100 cm³/mol. The van der Waals surface area contributed by atoms with Crippen molar-refractivity contribution in [2.45, 2.75) is 64.4 Å². The summed E-state index contributed by atoms with van der Waals surface area (Å²) in [4.78, 5) is 24.0. The van der Waals surface area contributed by atoms with E-state index in [2.05, 4.69) is 25.6 Å². The lowest BCUT2D eigenvalue weighted by Gasteiger charge is -2.47. The molecule has 4 rings (SSSR count). The lowest BCUT2D eigenvalue weighted by atomic mass is 9.57. The van der Waals surface area contributed by atoms with E-state index in [0.29, 0.717) is 18.3 Å². The zero-order chi connectivity index (χ0) is 17.8. The fourth-order valence-electron chi connectivity index (χ4n) is 6.60. The second-order valence-corrected chi connectivity index (χ2v) is 9.48. The van der Waals surface area contributed by atoms with E-state index in [0.717, 1.165) is 44.9 Å². The SMILES string of the molecule is C[C@]12C[C@H](O)CC[C@]34C=CC(=O)C=C3CCC(C4)C1CC[C@@H]2C(=O)S. The van der Waals surface area contributed by atoms with Crippen molar-refractivity contribution in [1.29, 1.82) is 0 Å². The molecule has 2 unspecified atom stereocenters. The highest BCUT2D eigenvalue weighted by atomic mass is 32.1. The molecule has 0 aromatic rings. The van der Waals surface area contributed by atoms with Crippen LogP contribution in [0.2, 0.25) is 0 Å². The van der Waals surface area contributed by atoms with Gasteiger partial charge in [0.25, 0.3) is 0 Å². The van der Waals surface area contributed by atoms with Gasteiger partial charge in [-0.2, -0.15) is 0 Å². The molecule has 0 aliphatic heterocycles. The molecule has 2 bridgehead atoms. The van der Waals surface area contributed by atoms with Gasteiger partial charge in [0.05, 0.1) is 6.10 Å². The molecule has 4 aliphatic carbocycles. The molecule has 3 saturated carbocycles.